The third-order valence-electron chi connectivity index (χ3n) is 7.54. The van der Waals surface area contributed by atoms with E-state index in [1.165, 1.54) is 32.1 Å². The molecule has 1 saturated heterocycles. The Morgan fingerprint density at radius 1 is 1.06 bits per heavy atom. The van der Waals surface area contributed by atoms with Crippen LogP contribution >= 0.6 is 0 Å². The lowest BCUT2D eigenvalue weighted by Crippen LogP contribution is -2.43. The number of hydrogen-bond donors (Lipinski definition) is 2. The van der Waals surface area contributed by atoms with Crippen molar-refractivity contribution >= 4 is 23.0 Å². The number of hydrogen-bond acceptors (Lipinski definition) is 6. The van der Waals surface area contributed by atoms with Crippen LogP contribution < -0.4 is 10.5 Å². The minimum atomic E-state index is -0.764. The Bertz CT molecular complexity index is 1060. The van der Waals surface area contributed by atoms with Crippen molar-refractivity contribution in [2.45, 2.75) is 71.1 Å². The van der Waals surface area contributed by atoms with Crippen molar-refractivity contribution in [3.05, 3.63) is 16.0 Å². The van der Waals surface area contributed by atoms with Crippen LogP contribution in [0.4, 0.5) is 5.95 Å². The number of nitrogens with one attached hydrogen (secondary N) is 1. The number of aliphatic carboxylic acids is 1. The number of aromatic amines is 1. The predicted octanol–water partition coefficient (Wildman–Crippen LogP) is 3.14. The molecule has 0 atom stereocenters. The molecule has 188 valence electrons. The molecule has 0 bridgehead atoms. The number of rotatable bonds is 7. The van der Waals surface area contributed by atoms with Crippen LogP contribution in [-0.4, -0.2) is 68.4 Å². The molecule has 0 amide bonds. The molecule has 0 spiro atoms. The minimum Gasteiger partial charge on any atom is -0.480 e. The largest absolute Gasteiger partial charge is 0.480 e. The molecular weight excluding hydrogens is 432 g/mol. The molecule has 2 aliphatic rings. The van der Waals surface area contributed by atoms with Crippen molar-refractivity contribution in [1.82, 2.24) is 24.6 Å². The lowest BCUT2D eigenvalue weighted by atomic mass is 9.88. The molecule has 1 saturated carbocycles. The van der Waals surface area contributed by atoms with Gasteiger partial charge in [0.1, 0.15) is 5.52 Å². The van der Waals surface area contributed by atoms with Crippen molar-refractivity contribution in [3.8, 4) is 0 Å². The molecule has 0 radical (unpaired) electrons. The molecule has 4 rings (SSSR count). The summed E-state index contributed by atoms with van der Waals surface area (Å²) in [4.78, 5) is 33.8. The maximum absolute atomic E-state index is 13.3. The first kappa shape index (κ1) is 24.7. The summed E-state index contributed by atoms with van der Waals surface area (Å²) in [6, 6.07) is 0. The minimum absolute atomic E-state index is 0.112. The third kappa shape index (κ3) is 5.45. The average Bonchev–Trinajstić information content (AvgIpc) is 3.22. The van der Waals surface area contributed by atoms with Crippen LogP contribution in [0.25, 0.3) is 11.0 Å². The van der Waals surface area contributed by atoms with E-state index < -0.39 is 5.97 Å². The van der Waals surface area contributed by atoms with E-state index in [2.05, 4.69) is 35.9 Å². The monoisotopic (exact) mass is 472 g/mol. The predicted molar refractivity (Wildman–Crippen MR) is 133 cm³/mol. The van der Waals surface area contributed by atoms with E-state index in [-0.39, 0.29) is 17.5 Å². The van der Waals surface area contributed by atoms with Crippen LogP contribution in [0, 0.1) is 11.8 Å². The SMILES string of the molecule is Cn1c(N(CC2CCCCC2)CC2CCN(CC(=O)O)CC2)nc2c(C(C)(C)C)[nH]nc2c1=O. The van der Waals surface area contributed by atoms with Gasteiger partial charge >= 0.3 is 5.97 Å². The van der Waals surface area contributed by atoms with E-state index in [9.17, 15) is 9.59 Å². The number of anilines is 1. The van der Waals surface area contributed by atoms with E-state index >= 15 is 0 Å². The summed E-state index contributed by atoms with van der Waals surface area (Å²) in [5.41, 5.74) is 1.65. The molecule has 3 heterocycles. The Morgan fingerprint density at radius 3 is 2.26 bits per heavy atom. The molecule has 2 fully saturated rings. The number of carboxylic acid groups (broad SMARTS) is 1. The number of carbonyl (C=O) groups is 1. The normalized spacial score (nSPS) is 19.1. The van der Waals surface area contributed by atoms with Crippen molar-refractivity contribution in [2.24, 2.45) is 18.9 Å². The zero-order chi connectivity index (χ0) is 24.5. The molecular formula is C25H40N6O3. The summed E-state index contributed by atoms with van der Waals surface area (Å²) in [6.07, 6.45) is 8.23. The topological polar surface area (TPSA) is 107 Å². The van der Waals surface area contributed by atoms with Gasteiger partial charge in [-0.3, -0.25) is 24.2 Å². The Labute approximate surface area is 201 Å². The van der Waals surface area contributed by atoms with Gasteiger partial charge in [-0.25, -0.2) is 4.98 Å². The lowest BCUT2D eigenvalue weighted by Gasteiger charge is -2.37. The highest BCUT2D eigenvalue weighted by molar-refractivity contribution is 5.78. The molecule has 1 aliphatic carbocycles. The molecule has 9 heteroatoms. The summed E-state index contributed by atoms with van der Waals surface area (Å²) in [5.74, 6) is 1.02. The second-order valence-corrected chi connectivity index (χ2v) is 11.3. The van der Waals surface area contributed by atoms with Crippen molar-refractivity contribution < 1.29 is 9.90 Å². The van der Waals surface area contributed by atoms with Gasteiger partial charge < -0.3 is 10.0 Å². The molecule has 2 N–H and O–H groups in total. The zero-order valence-corrected chi connectivity index (χ0v) is 21.1. The fourth-order valence-electron chi connectivity index (χ4n) is 5.57. The lowest BCUT2D eigenvalue weighted by molar-refractivity contribution is -0.138. The first-order valence-corrected chi connectivity index (χ1v) is 12.8. The average molecular weight is 473 g/mol. The molecule has 2 aromatic rings. The first-order chi connectivity index (χ1) is 16.1. The van der Waals surface area contributed by atoms with Crippen LogP contribution in [0.3, 0.4) is 0 Å². The summed E-state index contributed by atoms with van der Waals surface area (Å²) >= 11 is 0. The van der Waals surface area contributed by atoms with E-state index in [0.717, 1.165) is 50.7 Å². The maximum Gasteiger partial charge on any atom is 0.317 e. The molecule has 1 aliphatic heterocycles. The molecule has 2 aromatic heterocycles. The number of H-pyrrole nitrogens is 1. The number of nitrogens with zero attached hydrogens (tertiary/aromatic N) is 5. The van der Waals surface area contributed by atoms with Gasteiger partial charge in [0.15, 0.2) is 5.52 Å². The smallest absolute Gasteiger partial charge is 0.317 e. The molecule has 34 heavy (non-hydrogen) atoms. The highest BCUT2D eigenvalue weighted by Crippen LogP contribution is 2.30. The summed E-state index contributed by atoms with van der Waals surface area (Å²) in [6.45, 7) is 9.76. The molecule has 0 unspecified atom stereocenters. The summed E-state index contributed by atoms with van der Waals surface area (Å²) in [7, 11) is 1.80. The van der Waals surface area contributed by atoms with Gasteiger partial charge in [-0.2, -0.15) is 5.10 Å². The standard InChI is InChI=1S/C25H40N6O3/c1-25(2,3)22-20-21(27-28-22)23(34)29(4)24(26-20)31(14-17-8-6-5-7-9-17)15-18-10-12-30(13-11-18)16-19(32)33/h17-18H,5-16H2,1-4H3,(H,27,28)(H,32,33). The number of aromatic nitrogens is 4. The highest BCUT2D eigenvalue weighted by Gasteiger charge is 2.29. The Kier molecular flexibility index (Phi) is 7.31. The second-order valence-electron chi connectivity index (χ2n) is 11.3. The fraction of sp³-hybridized carbons (Fsp3) is 0.760. The van der Waals surface area contributed by atoms with Gasteiger partial charge in [0, 0.05) is 25.6 Å². The van der Waals surface area contributed by atoms with E-state index in [1.807, 2.05) is 4.90 Å². The van der Waals surface area contributed by atoms with Crippen molar-refractivity contribution in [1.29, 1.82) is 0 Å². The Balaban J connectivity index is 1.64. The molecule has 0 aromatic carbocycles. The Morgan fingerprint density at radius 2 is 1.68 bits per heavy atom. The van der Waals surface area contributed by atoms with Gasteiger partial charge in [0.25, 0.3) is 5.56 Å². The first-order valence-electron chi connectivity index (χ1n) is 12.8. The van der Waals surface area contributed by atoms with E-state index in [0.29, 0.717) is 22.9 Å². The molecule has 9 nitrogen and oxygen atoms in total. The van der Waals surface area contributed by atoms with Gasteiger partial charge in [-0.15, -0.1) is 0 Å². The fourth-order valence-corrected chi connectivity index (χ4v) is 5.57. The van der Waals surface area contributed by atoms with Gasteiger partial charge in [0.05, 0.1) is 12.2 Å². The van der Waals surface area contributed by atoms with Gasteiger partial charge in [0.2, 0.25) is 5.95 Å². The Hall–Kier alpha value is -2.42. The van der Waals surface area contributed by atoms with E-state index in [4.69, 9.17) is 10.1 Å². The zero-order valence-electron chi connectivity index (χ0n) is 21.1. The maximum atomic E-state index is 13.3. The van der Waals surface area contributed by atoms with E-state index in [1.54, 1.807) is 11.6 Å². The summed E-state index contributed by atoms with van der Waals surface area (Å²) in [5, 5.41) is 16.5. The van der Waals surface area contributed by atoms with Crippen LogP contribution in [0.2, 0.25) is 0 Å². The number of piperidine rings is 1. The number of fused-ring (bicyclic) bond motifs is 1. The van der Waals surface area contributed by atoms with Crippen molar-refractivity contribution in [2.75, 3.05) is 37.6 Å². The van der Waals surface area contributed by atoms with Crippen LogP contribution in [-0.2, 0) is 17.3 Å². The van der Waals surface area contributed by atoms with Gasteiger partial charge in [-0.1, -0.05) is 40.0 Å². The van der Waals surface area contributed by atoms with Crippen LogP contribution in [0.1, 0.15) is 71.4 Å². The quantitative estimate of drug-likeness (QED) is 0.637. The van der Waals surface area contributed by atoms with Crippen molar-refractivity contribution in [3.63, 3.8) is 0 Å². The number of carboxylic acids is 1. The van der Waals surface area contributed by atoms with Crippen LogP contribution in [0.15, 0.2) is 4.79 Å². The third-order valence-corrected chi connectivity index (χ3v) is 7.54. The highest BCUT2D eigenvalue weighted by atomic mass is 16.4. The van der Waals surface area contributed by atoms with Crippen LogP contribution in [0.5, 0.6) is 0 Å². The summed E-state index contributed by atoms with van der Waals surface area (Å²) < 4.78 is 1.66. The number of likely N-dealkylation sites (tertiary alicyclic amines) is 1. The second kappa shape index (κ2) is 10.1. The van der Waals surface area contributed by atoms with Gasteiger partial charge in [-0.05, 0) is 50.6 Å².